The van der Waals surface area contributed by atoms with E-state index in [0.717, 1.165) is 10.5 Å². The molecule has 1 aromatic heterocycles. The highest BCUT2D eigenvalue weighted by atomic mass is 32.2. The number of hydrogen-bond donors (Lipinski definition) is 1. The van der Waals surface area contributed by atoms with Crippen LogP contribution in [0.1, 0.15) is 25.5 Å². The predicted octanol–water partition coefficient (Wildman–Crippen LogP) is 3.38. The molecule has 25 heavy (non-hydrogen) atoms. The van der Waals surface area contributed by atoms with Crippen molar-refractivity contribution in [2.75, 3.05) is 18.2 Å². The molecule has 1 amide bonds. The summed E-state index contributed by atoms with van der Waals surface area (Å²) in [5.41, 5.74) is 0.889. The Morgan fingerprint density at radius 3 is 2.64 bits per heavy atom. The van der Waals surface area contributed by atoms with Crippen LogP contribution in [-0.4, -0.2) is 34.5 Å². The summed E-state index contributed by atoms with van der Waals surface area (Å²) in [5, 5.41) is 6.79. The first-order valence-corrected chi connectivity index (χ1v) is 9.04. The van der Waals surface area contributed by atoms with Gasteiger partial charge >= 0.3 is 5.97 Å². The molecule has 0 saturated carbocycles. The van der Waals surface area contributed by atoms with Crippen molar-refractivity contribution in [3.63, 3.8) is 0 Å². The van der Waals surface area contributed by atoms with Crippen LogP contribution >= 0.6 is 11.8 Å². The second kappa shape index (κ2) is 9.08. The van der Waals surface area contributed by atoms with Gasteiger partial charge in [-0.1, -0.05) is 12.1 Å². The second-order valence-corrected chi connectivity index (χ2v) is 6.40. The largest absolute Gasteiger partial charge is 0.452 e. The fraction of sp³-hybridized carbons (Fsp3) is 0.278. The first-order chi connectivity index (χ1) is 12.0. The van der Waals surface area contributed by atoms with Crippen LogP contribution in [0.3, 0.4) is 0 Å². The molecular weight excluding hydrogens is 338 g/mol. The van der Waals surface area contributed by atoms with E-state index >= 15 is 0 Å². The molecule has 7 heteroatoms. The number of ether oxygens (including phenoxy) is 1. The molecule has 0 radical (unpaired) electrons. The molecule has 2 rings (SSSR count). The Labute approximate surface area is 151 Å². The van der Waals surface area contributed by atoms with Gasteiger partial charge in [0, 0.05) is 23.1 Å². The Morgan fingerprint density at radius 2 is 2.00 bits per heavy atom. The number of amides is 1. The van der Waals surface area contributed by atoms with E-state index in [1.54, 1.807) is 34.8 Å². The smallest absolute Gasteiger partial charge is 0.331 e. The zero-order valence-electron chi connectivity index (χ0n) is 14.4. The van der Waals surface area contributed by atoms with E-state index in [9.17, 15) is 9.59 Å². The van der Waals surface area contributed by atoms with Gasteiger partial charge in [-0.05, 0) is 43.9 Å². The maximum atomic E-state index is 11.9. The lowest BCUT2D eigenvalue weighted by Gasteiger charge is -2.11. The third-order valence-electron chi connectivity index (χ3n) is 3.30. The van der Waals surface area contributed by atoms with Crippen LogP contribution in [0.15, 0.2) is 47.5 Å². The highest BCUT2D eigenvalue weighted by Crippen LogP contribution is 2.15. The van der Waals surface area contributed by atoms with Crippen LogP contribution in [0.2, 0.25) is 0 Å². The summed E-state index contributed by atoms with van der Waals surface area (Å²) in [6, 6.07) is 9.58. The minimum Gasteiger partial charge on any atom is -0.452 e. The van der Waals surface area contributed by atoms with Crippen LogP contribution in [0.4, 0.5) is 5.82 Å². The predicted molar refractivity (Wildman–Crippen MR) is 99.5 cm³/mol. The van der Waals surface area contributed by atoms with Gasteiger partial charge in [0.2, 0.25) is 0 Å². The van der Waals surface area contributed by atoms with Crippen LogP contribution in [0.5, 0.6) is 0 Å². The standard InChI is InChI=1S/C18H21N3O3S/c1-13(2)21-16(10-11-19-21)20-17(22)12-24-18(23)9-6-14-4-7-15(25-3)8-5-14/h4-11,13H,12H2,1-3H3,(H,20,22)/b9-6+. The Hall–Kier alpha value is -2.54. The van der Waals surface area contributed by atoms with Crippen molar-refractivity contribution in [3.8, 4) is 0 Å². The Kier molecular flexibility index (Phi) is 6.82. The lowest BCUT2D eigenvalue weighted by molar-refractivity contribution is -0.142. The lowest BCUT2D eigenvalue weighted by atomic mass is 10.2. The normalized spacial score (nSPS) is 11.0. The van der Waals surface area contributed by atoms with E-state index in [1.165, 1.54) is 6.08 Å². The first kappa shape index (κ1) is 18.8. The van der Waals surface area contributed by atoms with Crippen LogP contribution in [0.25, 0.3) is 6.08 Å². The number of nitrogens with one attached hydrogen (secondary N) is 1. The van der Waals surface area contributed by atoms with Gasteiger partial charge < -0.3 is 10.1 Å². The number of thioether (sulfide) groups is 1. The molecule has 0 fully saturated rings. The Balaban J connectivity index is 1.81. The van der Waals surface area contributed by atoms with Crippen molar-refractivity contribution < 1.29 is 14.3 Å². The molecular formula is C18H21N3O3S. The van der Waals surface area contributed by atoms with Gasteiger partial charge in [-0.25, -0.2) is 9.48 Å². The number of carbonyl (C=O) groups is 2. The van der Waals surface area contributed by atoms with Gasteiger partial charge in [0.15, 0.2) is 6.61 Å². The summed E-state index contributed by atoms with van der Waals surface area (Å²) < 4.78 is 6.63. The van der Waals surface area contributed by atoms with Crippen molar-refractivity contribution in [1.29, 1.82) is 0 Å². The molecule has 132 valence electrons. The molecule has 6 nitrogen and oxygen atoms in total. The zero-order chi connectivity index (χ0) is 18.2. The van der Waals surface area contributed by atoms with E-state index in [0.29, 0.717) is 5.82 Å². The molecule has 0 bridgehead atoms. The molecule has 1 N–H and O–H groups in total. The van der Waals surface area contributed by atoms with Crippen LogP contribution in [-0.2, 0) is 14.3 Å². The third-order valence-corrected chi connectivity index (χ3v) is 4.04. The molecule has 0 aliphatic carbocycles. The number of nitrogens with zero attached hydrogens (tertiary/aromatic N) is 2. The topological polar surface area (TPSA) is 73.2 Å². The highest BCUT2D eigenvalue weighted by Gasteiger charge is 2.10. The average Bonchev–Trinajstić information content (AvgIpc) is 3.07. The minimum atomic E-state index is -0.568. The molecule has 0 saturated heterocycles. The van der Waals surface area contributed by atoms with E-state index in [4.69, 9.17) is 4.74 Å². The van der Waals surface area contributed by atoms with E-state index in [1.807, 2.05) is 44.4 Å². The van der Waals surface area contributed by atoms with E-state index in [2.05, 4.69) is 10.4 Å². The van der Waals surface area contributed by atoms with Crippen molar-refractivity contribution in [2.45, 2.75) is 24.8 Å². The summed E-state index contributed by atoms with van der Waals surface area (Å²) in [5.74, 6) is -0.407. The SMILES string of the molecule is CSc1ccc(/C=C/C(=O)OCC(=O)Nc2ccnn2C(C)C)cc1. The molecule has 0 aliphatic rings. The van der Waals surface area contributed by atoms with Gasteiger partial charge in [0.05, 0.1) is 6.20 Å². The fourth-order valence-electron chi connectivity index (χ4n) is 2.07. The summed E-state index contributed by atoms with van der Waals surface area (Å²) in [6.07, 6.45) is 6.56. The number of anilines is 1. The summed E-state index contributed by atoms with van der Waals surface area (Å²) in [6.45, 7) is 3.57. The monoisotopic (exact) mass is 359 g/mol. The first-order valence-electron chi connectivity index (χ1n) is 7.82. The number of benzene rings is 1. The van der Waals surface area contributed by atoms with Crippen molar-refractivity contribution in [3.05, 3.63) is 48.2 Å². The maximum Gasteiger partial charge on any atom is 0.331 e. The number of rotatable bonds is 7. The fourth-order valence-corrected chi connectivity index (χ4v) is 2.48. The van der Waals surface area contributed by atoms with Gasteiger partial charge in [-0.3, -0.25) is 4.79 Å². The summed E-state index contributed by atoms with van der Waals surface area (Å²) in [4.78, 5) is 24.7. The van der Waals surface area contributed by atoms with Gasteiger partial charge in [0.1, 0.15) is 5.82 Å². The second-order valence-electron chi connectivity index (χ2n) is 5.52. The quantitative estimate of drug-likeness (QED) is 0.466. The van der Waals surface area contributed by atoms with Gasteiger partial charge in [-0.2, -0.15) is 5.10 Å². The molecule has 1 heterocycles. The average molecular weight is 359 g/mol. The van der Waals surface area contributed by atoms with E-state index < -0.39 is 11.9 Å². The summed E-state index contributed by atoms with van der Waals surface area (Å²) >= 11 is 1.65. The van der Waals surface area contributed by atoms with Crippen molar-refractivity contribution in [2.24, 2.45) is 0 Å². The van der Waals surface area contributed by atoms with E-state index in [-0.39, 0.29) is 12.6 Å². The number of esters is 1. The van der Waals surface area contributed by atoms with Crippen molar-refractivity contribution in [1.82, 2.24) is 9.78 Å². The maximum absolute atomic E-state index is 11.9. The van der Waals surface area contributed by atoms with Crippen molar-refractivity contribution >= 4 is 35.5 Å². The number of hydrogen-bond acceptors (Lipinski definition) is 5. The third kappa shape index (κ3) is 5.79. The molecule has 0 atom stereocenters. The zero-order valence-corrected chi connectivity index (χ0v) is 15.2. The number of aromatic nitrogens is 2. The van der Waals surface area contributed by atoms with Crippen LogP contribution < -0.4 is 5.32 Å². The highest BCUT2D eigenvalue weighted by molar-refractivity contribution is 7.98. The molecule has 0 aliphatic heterocycles. The molecule has 0 spiro atoms. The summed E-state index contributed by atoms with van der Waals surface area (Å²) in [7, 11) is 0. The molecule has 0 unspecified atom stereocenters. The number of carbonyl (C=O) groups excluding carboxylic acids is 2. The van der Waals surface area contributed by atoms with Gasteiger partial charge in [-0.15, -0.1) is 11.8 Å². The Bertz CT molecular complexity index is 751. The molecule has 1 aromatic carbocycles. The lowest BCUT2D eigenvalue weighted by Crippen LogP contribution is -2.22. The minimum absolute atomic E-state index is 0.119. The molecule has 2 aromatic rings. The van der Waals surface area contributed by atoms with Crippen LogP contribution in [0, 0.1) is 0 Å². The van der Waals surface area contributed by atoms with Gasteiger partial charge in [0.25, 0.3) is 5.91 Å². The Morgan fingerprint density at radius 1 is 1.28 bits per heavy atom.